The van der Waals surface area contributed by atoms with Gasteiger partial charge in [0.2, 0.25) is 0 Å². The molecule has 78 valence electrons. The van der Waals surface area contributed by atoms with E-state index in [9.17, 15) is 9.50 Å². The van der Waals surface area contributed by atoms with E-state index in [2.05, 4.69) is 21.2 Å². The van der Waals surface area contributed by atoms with Gasteiger partial charge in [-0.2, -0.15) is 0 Å². The van der Waals surface area contributed by atoms with Gasteiger partial charge in [0, 0.05) is 6.54 Å². The van der Waals surface area contributed by atoms with Crippen LogP contribution < -0.4 is 5.32 Å². The van der Waals surface area contributed by atoms with Crippen molar-refractivity contribution in [3.8, 4) is 0 Å². The molecule has 14 heavy (non-hydrogen) atoms. The third-order valence-corrected chi connectivity index (χ3v) is 2.52. The van der Waals surface area contributed by atoms with Gasteiger partial charge in [-0.15, -0.1) is 0 Å². The lowest BCUT2D eigenvalue weighted by Gasteiger charge is -2.11. The number of benzene rings is 1. The molecule has 0 saturated heterocycles. The topological polar surface area (TPSA) is 32.3 Å². The van der Waals surface area contributed by atoms with Crippen LogP contribution in [0.25, 0.3) is 0 Å². The second-order valence-electron chi connectivity index (χ2n) is 3.00. The predicted octanol–water partition coefficient (Wildman–Crippen LogP) is 2.23. The number of nitrogens with one attached hydrogen (secondary N) is 1. The molecule has 2 N–H and O–H groups in total. The second-order valence-corrected chi connectivity index (χ2v) is 3.85. The Labute approximate surface area is 91.3 Å². The summed E-state index contributed by atoms with van der Waals surface area (Å²) in [5.41, 5.74) is 0.708. The SMILES string of the molecule is CCNCC(O)c1ccc(F)c(Br)c1. The summed E-state index contributed by atoms with van der Waals surface area (Å²) in [5, 5.41) is 12.7. The van der Waals surface area contributed by atoms with Crippen LogP contribution in [0.2, 0.25) is 0 Å². The van der Waals surface area contributed by atoms with Crippen molar-refractivity contribution in [3.05, 3.63) is 34.1 Å². The van der Waals surface area contributed by atoms with E-state index < -0.39 is 6.10 Å². The molecule has 0 aromatic heterocycles. The third kappa shape index (κ3) is 3.04. The lowest BCUT2D eigenvalue weighted by atomic mass is 10.1. The fourth-order valence-corrected chi connectivity index (χ4v) is 1.52. The van der Waals surface area contributed by atoms with Crippen molar-refractivity contribution in [1.29, 1.82) is 0 Å². The van der Waals surface area contributed by atoms with Crippen molar-refractivity contribution in [2.45, 2.75) is 13.0 Å². The van der Waals surface area contributed by atoms with Gasteiger partial charge in [0.25, 0.3) is 0 Å². The Balaban J connectivity index is 2.70. The first-order valence-electron chi connectivity index (χ1n) is 4.49. The molecule has 0 aliphatic heterocycles. The lowest BCUT2D eigenvalue weighted by molar-refractivity contribution is 0.175. The maximum Gasteiger partial charge on any atom is 0.137 e. The minimum Gasteiger partial charge on any atom is -0.387 e. The number of likely N-dealkylation sites (N-methyl/N-ethyl adjacent to an activating group) is 1. The fourth-order valence-electron chi connectivity index (χ4n) is 1.12. The van der Waals surface area contributed by atoms with Gasteiger partial charge in [0.05, 0.1) is 10.6 Å². The summed E-state index contributed by atoms with van der Waals surface area (Å²) in [6.45, 7) is 3.25. The molecule has 0 spiro atoms. The van der Waals surface area contributed by atoms with Crippen molar-refractivity contribution in [2.75, 3.05) is 13.1 Å². The van der Waals surface area contributed by atoms with E-state index in [1.165, 1.54) is 6.07 Å². The first-order chi connectivity index (χ1) is 6.65. The summed E-state index contributed by atoms with van der Waals surface area (Å²) in [6, 6.07) is 4.52. The molecular weight excluding hydrogens is 249 g/mol. The van der Waals surface area contributed by atoms with Crippen molar-refractivity contribution >= 4 is 15.9 Å². The molecule has 0 heterocycles. The number of aliphatic hydroxyl groups excluding tert-OH is 1. The van der Waals surface area contributed by atoms with E-state index in [1.807, 2.05) is 6.92 Å². The van der Waals surface area contributed by atoms with E-state index >= 15 is 0 Å². The second kappa shape index (κ2) is 5.44. The smallest absolute Gasteiger partial charge is 0.137 e. The monoisotopic (exact) mass is 261 g/mol. The van der Waals surface area contributed by atoms with Crippen molar-refractivity contribution in [1.82, 2.24) is 5.32 Å². The molecular formula is C10H13BrFNO. The van der Waals surface area contributed by atoms with Crippen molar-refractivity contribution in [3.63, 3.8) is 0 Å². The number of hydrogen-bond acceptors (Lipinski definition) is 2. The van der Waals surface area contributed by atoms with E-state index in [1.54, 1.807) is 12.1 Å². The lowest BCUT2D eigenvalue weighted by Crippen LogP contribution is -2.20. The zero-order chi connectivity index (χ0) is 10.6. The molecule has 2 nitrogen and oxygen atoms in total. The molecule has 0 aliphatic carbocycles. The van der Waals surface area contributed by atoms with Crippen LogP contribution in [0.4, 0.5) is 4.39 Å². The van der Waals surface area contributed by atoms with Gasteiger partial charge < -0.3 is 10.4 Å². The Morgan fingerprint density at radius 2 is 2.29 bits per heavy atom. The Morgan fingerprint density at radius 3 is 2.86 bits per heavy atom. The number of rotatable bonds is 4. The van der Waals surface area contributed by atoms with Crippen molar-refractivity contribution < 1.29 is 9.50 Å². The van der Waals surface area contributed by atoms with Gasteiger partial charge in [0.15, 0.2) is 0 Å². The average Bonchev–Trinajstić information content (AvgIpc) is 2.18. The van der Waals surface area contributed by atoms with Crippen LogP contribution in [0, 0.1) is 5.82 Å². The highest BCUT2D eigenvalue weighted by Gasteiger charge is 2.08. The zero-order valence-corrected chi connectivity index (χ0v) is 9.51. The molecule has 0 saturated carbocycles. The first-order valence-corrected chi connectivity index (χ1v) is 5.28. The van der Waals surface area contributed by atoms with Gasteiger partial charge >= 0.3 is 0 Å². The molecule has 0 radical (unpaired) electrons. The minimum atomic E-state index is -0.591. The van der Waals surface area contributed by atoms with Gasteiger partial charge in [-0.3, -0.25) is 0 Å². The zero-order valence-electron chi connectivity index (χ0n) is 7.93. The van der Waals surface area contributed by atoms with Crippen LogP contribution in [0.15, 0.2) is 22.7 Å². The molecule has 1 aromatic rings. The van der Waals surface area contributed by atoms with E-state index in [0.717, 1.165) is 6.54 Å². The highest BCUT2D eigenvalue weighted by atomic mass is 79.9. The van der Waals surface area contributed by atoms with Gasteiger partial charge in [-0.1, -0.05) is 13.0 Å². The normalized spacial score (nSPS) is 12.9. The maximum absolute atomic E-state index is 12.9. The first kappa shape index (κ1) is 11.6. The molecule has 4 heteroatoms. The predicted molar refractivity (Wildman–Crippen MR) is 57.6 cm³/mol. The summed E-state index contributed by atoms with van der Waals surface area (Å²) in [6.07, 6.45) is -0.591. The largest absolute Gasteiger partial charge is 0.387 e. The molecule has 1 aromatic carbocycles. The summed E-state index contributed by atoms with van der Waals surface area (Å²) in [5.74, 6) is -0.315. The molecule has 0 aliphatic rings. The van der Waals surface area contributed by atoms with Crippen LogP contribution in [0.3, 0.4) is 0 Å². The fraction of sp³-hybridized carbons (Fsp3) is 0.400. The number of halogens is 2. The van der Waals surface area contributed by atoms with E-state index in [-0.39, 0.29) is 5.82 Å². The van der Waals surface area contributed by atoms with Crippen LogP contribution >= 0.6 is 15.9 Å². The minimum absolute atomic E-state index is 0.315. The Kier molecular flexibility index (Phi) is 4.51. The summed E-state index contributed by atoms with van der Waals surface area (Å²) >= 11 is 3.08. The summed E-state index contributed by atoms with van der Waals surface area (Å²) in [4.78, 5) is 0. The Bertz CT molecular complexity index is 306. The van der Waals surface area contributed by atoms with Gasteiger partial charge in [-0.25, -0.2) is 4.39 Å². The van der Waals surface area contributed by atoms with Crippen LogP contribution in [0.1, 0.15) is 18.6 Å². The molecule has 0 fully saturated rings. The summed E-state index contributed by atoms with van der Waals surface area (Å²) < 4.78 is 13.3. The number of aliphatic hydroxyl groups is 1. The Morgan fingerprint density at radius 1 is 1.57 bits per heavy atom. The maximum atomic E-state index is 12.9. The van der Waals surface area contributed by atoms with E-state index in [4.69, 9.17) is 0 Å². The standard InChI is InChI=1S/C10H13BrFNO/c1-2-13-6-10(14)7-3-4-9(12)8(11)5-7/h3-5,10,13-14H,2,6H2,1H3. The Hall–Kier alpha value is -0.450. The quantitative estimate of drug-likeness (QED) is 0.872. The van der Waals surface area contributed by atoms with E-state index in [0.29, 0.717) is 16.6 Å². The highest BCUT2D eigenvalue weighted by molar-refractivity contribution is 9.10. The van der Waals surface area contributed by atoms with Gasteiger partial charge in [0.1, 0.15) is 5.82 Å². The number of hydrogen-bond donors (Lipinski definition) is 2. The molecule has 1 atom stereocenters. The molecule has 1 rings (SSSR count). The molecule has 0 amide bonds. The molecule has 1 unspecified atom stereocenters. The van der Waals surface area contributed by atoms with Crippen LogP contribution in [0.5, 0.6) is 0 Å². The highest BCUT2D eigenvalue weighted by Crippen LogP contribution is 2.20. The van der Waals surface area contributed by atoms with Gasteiger partial charge in [-0.05, 0) is 40.2 Å². The van der Waals surface area contributed by atoms with Crippen LogP contribution in [-0.2, 0) is 0 Å². The molecule has 0 bridgehead atoms. The summed E-state index contributed by atoms with van der Waals surface area (Å²) in [7, 11) is 0. The average molecular weight is 262 g/mol. The third-order valence-electron chi connectivity index (χ3n) is 1.92. The van der Waals surface area contributed by atoms with Crippen molar-refractivity contribution in [2.24, 2.45) is 0 Å². The van der Waals surface area contributed by atoms with Crippen LogP contribution in [-0.4, -0.2) is 18.2 Å².